The molecule has 1 fully saturated rings. The highest BCUT2D eigenvalue weighted by molar-refractivity contribution is 14.0. The largest absolute Gasteiger partial charge is 0.469 e. The normalized spacial score (nSPS) is 15.8. The maximum atomic E-state index is 11.2. The Kier molecular flexibility index (Phi) is 11.3. The lowest BCUT2D eigenvalue weighted by Crippen LogP contribution is -2.48. The van der Waals surface area contributed by atoms with E-state index in [0.717, 1.165) is 45.0 Å². The highest BCUT2D eigenvalue weighted by Crippen LogP contribution is 2.13. The number of nitrogens with zero attached hydrogens (tertiary/aromatic N) is 2. The average molecular weight is 474 g/mol. The predicted molar refractivity (Wildman–Crippen MR) is 116 cm³/mol. The number of esters is 1. The van der Waals surface area contributed by atoms with Gasteiger partial charge in [-0.3, -0.25) is 14.7 Å². The number of carbonyl (C=O) groups excluding carboxylic acids is 1. The lowest BCUT2D eigenvalue weighted by atomic mass is 10.0. The molecule has 6 nitrogen and oxygen atoms in total. The van der Waals surface area contributed by atoms with Crippen molar-refractivity contribution in [2.45, 2.75) is 38.8 Å². The van der Waals surface area contributed by atoms with Gasteiger partial charge in [0.05, 0.1) is 20.1 Å². The quantitative estimate of drug-likeness (QED) is 0.275. The van der Waals surface area contributed by atoms with Gasteiger partial charge in [0, 0.05) is 32.2 Å². The van der Waals surface area contributed by atoms with Crippen molar-refractivity contribution >= 4 is 35.9 Å². The molecule has 0 bridgehead atoms. The minimum atomic E-state index is -0.228. The molecule has 1 saturated heterocycles. The number of carbonyl (C=O) groups is 1. The first-order chi connectivity index (χ1) is 12.2. The molecule has 0 spiro atoms. The van der Waals surface area contributed by atoms with Gasteiger partial charge in [0.1, 0.15) is 0 Å². The van der Waals surface area contributed by atoms with Gasteiger partial charge in [-0.1, -0.05) is 30.3 Å². The first-order valence-corrected chi connectivity index (χ1v) is 9.09. The fourth-order valence-corrected chi connectivity index (χ4v) is 2.95. The summed E-state index contributed by atoms with van der Waals surface area (Å²) in [7, 11) is 1.40. The number of nitrogens with one attached hydrogen (secondary N) is 2. The van der Waals surface area contributed by atoms with Crippen LogP contribution in [0.3, 0.4) is 0 Å². The SMILES string of the molecule is CCNC(=NCCC(=O)OC)NC1CCN(Cc2ccccc2)CC1.I. The molecular weight excluding hydrogens is 443 g/mol. The van der Waals surface area contributed by atoms with Crippen LogP contribution in [-0.2, 0) is 16.1 Å². The molecule has 0 atom stereocenters. The Bertz CT molecular complexity index is 546. The molecule has 7 heteroatoms. The van der Waals surface area contributed by atoms with Crippen molar-refractivity contribution in [3.63, 3.8) is 0 Å². The van der Waals surface area contributed by atoms with Crippen LogP contribution in [0.2, 0.25) is 0 Å². The lowest BCUT2D eigenvalue weighted by Gasteiger charge is -2.33. The van der Waals surface area contributed by atoms with Gasteiger partial charge in [-0.15, -0.1) is 24.0 Å². The van der Waals surface area contributed by atoms with E-state index in [9.17, 15) is 4.79 Å². The van der Waals surface area contributed by atoms with E-state index >= 15 is 0 Å². The first kappa shape index (κ1) is 22.7. The van der Waals surface area contributed by atoms with Crippen LogP contribution in [0.15, 0.2) is 35.3 Å². The molecule has 0 radical (unpaired) electrons. The summed E-state index contributed by atoms with van der Waals surface area (Å²) in [6.45, 7) is 6.45. The van der Waals surface area contributed by atoms with Crippen LogP contribution in [0.1, 0.15) is 31.7 Å². The number of piperidine rings is 1. The summed E-state index contributed by atoms with van der Waals surface area (Å²) >= 11 is 0. The van der Waals surface area contributed by atoms with Crippen molar-refractivity contribution in [3.8, 4) is 0 Å². The zero-order valence-electron chi connectivity index (χ0n) is 15.7. The molecule has 0 amide bonds. The van der Waals surface area contributed by atoms with E-state index in [1.54, 1.807) is 0 Å². The molecule has 0 aromatic heterocycles. The van der Waals surface area contributed by atoms with Crippen LogP contribution in [0.5, 0.6) is 0 Å². The fourth-order valence-electron chi connectivity index (χ4n) is 2.95. The highest BCUT2D eigenvalue weighted by atomic mass is 127. The number of likely N-dealkylation sites (tertiary alicyclic amines) is 1. The third kappa shape index (κ3) is 8.35. The van der Waals surface area contributed by atoms with Gasteiger partial charge in [0.25, 0.3) is 0 Å². The smallest absolute Gasteiger partial charge is 0.307 e. The molecular formula is C19H31IN4O2. The molecule has 26 heavy (non-hydrogen) atoms. The second-order valence-electron chi connectivity index (χ2n) is 6.27. The average Bonchev–Trinajstić information content (AvgIpc) is 2.64. The molecule has 0 unspecified atom stereocenters. The van der Waals surface area contributed by atoms with Crippen molar-refractivity contribution in [3.05, 3.63) is 35.9 Å². The molecule has 1 aromatic carbocycles. The molecule has 0 saturated carbocycles. The minimum Gasteiger partial charge on any atom is -0.469 e. The Morgan fingerprint density at radius 3 is 2.58 bits per heavy atom. The van der Waals surface area contributed by atoms with Gasteiger partial charge in [-0.2, -0.15) is 0 Å². The third-order valence-electron chi connectivity index (χ3n) is 4.34. The van der Waals surface area contributed by atoms with Gasteiger partial charge < -0.3 is 15.4 Å². The zero-order valence-corrected chi connectivity index (χ0v) is 18.1. The molecule has 146 valence electrons. The van der Waals surface area contributed by atoms with Crippen LogP contribution in [0.25, 0.3) is 0 Å². The molecule has 1 heterocycles. The third-order valence-corrected chi connectivity index (χ3v) is 4.34. The van der Waals surface area contributed by atoms with Gasteiger partial charge in [0.2, 0.25) is 0 Å². The molecule has 0 aliphatic carbocycles. The monoisotopic (exact) mass is 474 g/mol. The van der Waals surface area contributed by atoms with Crippen molar-refractivity contribution in [2.75, 3.05) is 33.3 Å². The number of hydrogen-bond donors (Lipinski definition) is 2. The van der Waals surface area contributed by atoms with Crippen molar-refractivity contribution in [1.82, 2.24) is 15.5 Å². The molecule has 1 aliphatic rings. The highest BCUT2D eigenvalue weighted by Gasteiger charge is 2.20. The van der Waals surface area contributed by atoms with E-state index in [1.165, 1.54) is 12.7 Å². The Morgan fingerprint density at radius 1 is 1.27 bits per heavy atom. The number of halogens is 1. The fraction of sp³-hybridized carbons (Fsp3) is 0.579. The number of rotatable bonds is 7. The maximum Gasteiger partial charge on any atom is 0.307 e. The van der Waals surface area contributed by atoms with Crippen LogP contribution < -0.4 is 10.6 Å². The van der Waals surface area contributed by atoms with E-state index in [0.29, 0.717) is 19.0 Å². The van der Waals surface area contributed by atoms with E-state index in [2.05, 4.69) is 55.6 Å². The number of benzene rings is 1. The Morgan fingerprint density at radius 2 is 1.96 bits per heavy atom. The number of ether oxygens (including phenoxy) is 1. The summed E-state index contributed by atoms with van der Waals surface area (Å²) in [5, 5.41) is 6.74. The van der Waals surface area contributed by atoms with Gasteiger partial charge in [0.15, 0.2) is 5.96 Å². The molecule has 2 rings (SSSR count). The topological polar surface area (TPSA) is 66.0 Å². The van der Waals surface area contributed by atoms with Gasteiger partial charge >= 0.3 is 5.97 Å². The summed E-state index contributed by atoms with van der Waals surface area (Å²) in [6, 6.07) is 11.0. The van der Waals surface area contributed by atoms with E-state index in [4.69, 9.17) is 0 Å². The Labute approximate surface area is 173 Å². The van der Waals surface area contributed by atoms with Crippen LogP contribution >= 0.6 is 24.0 Å². The summed E-state index contributed by atoms with van der Waals surface area (Å²) in [5.74, 6) is 0.557. The van der Waals surface area contributed by atoms with Crippen molar-refractivity contribution in [2.24, 2.45) is 4.99 Å². The van der Waals surface area contributed by atoms with E-state index < -0.39 is 0 Å². The first-order valence-electron chi connectivity index (χ1n) is 9.09. The van der Waals surface area contributed by atoms with E-state index in [1.807, 2.05) is 6.92 Å². The second-order valence-corrected chi connectivity index (χ2v) is 6.27. The summed E-state index contributed by atoms with van der Waals surface area (Å²) in [6.07, 6.45) is 2.49. The summed E-state index contributed by atoms with van der Waals surface area (Å²) in [4.78, 5) is 18.1. The maximum absolute atomic E-state index is 11.2. The molecule has 1 aromatic rings. The van der Waals surface area contributed by atoms with Gasteiger partial charge in [-0.05, 0) is 25.3 Å². The molecule has 2 N–H and O–H groups in total. The number of guanidine groups is 1. The Hall–Kier alpha value is -1.35. The number of hydrogen-bond acceptors (Lipinski definition) is 4. The predicted octanol–water partition coefficient (Wildman–Crippen LogP) is 2.39. The van der Waals surface area contributed by atoms with Crippen molar-refractivity contribution in [1.29, 1.82) is 0 Å². The lowest BCUT2D eigenvalue weighted by molar-refractivity contribution is -0.140. The number of methoxy groups -OCH3 is 1. The summed E-state index contributed by atoms with van der Waals surface area (Å²) < 4.78 is 4.65. The van der Waals surface area contributed by atoms with Crippen molar-refractivity contribution < 1.29 is 9.53 Å². The molecule has 1 aliphatic heterocycles. The van der Waals surface area contributed by atoms with Crippen LogP contribution in [-0.4, -0.2) is 56.2 Å². The summed E-state index contributed by atoms with van der Waals surface area (Å²) in [5.41, 5.74) is 1.37. The van der Waals surface area contributed by atoms with Crippen LogP contribution in [0, 0.1) is 0 Å². The zero-order chi connectivity index (χ0) is 17.9. The minimum absolute atomic E-state index is 0. The Balaban J connectivity index is 0.00000338. The van der Waals surface area contributed by atoms with E-state index in [-0.39, 0.29) is 29.9 Å². The standard InChI is InChI=1S/C19H30N4O2.HI/c1-3-20-19(21-12-9-18(24)25-2)22-17-10-13-23(14-11-17)15-16-7-5-4-6-8-16;/h4-8,17H,3,9-15H2,1-2H3,(H2,20,21,22);1H. The van der Waals surface area contributed by atoms with Crippen LogP contribution in [0.4, 0.5) is 0 Å². The van der Waals surface area contributed by atoms with Gasteiger partial charge in [-0.25, -0.2) is 0 Å². The number of aliphatic imine (C=N–C) groups is 1. The second kappa shape index (κ2) is 12.9.